The number of nitrogens with zero attached hydrogens (tertiary/aromatic N) is 5. The fourth-order valence-corrected chi connectivity index (χ4v) is 5.54. The van der Waals surface area contributed by atoms with Gasteiger partial charge in [0.15, 0.2) is 5.15 Å². The van der Waals surface area contributed by atoms with Gasteiger partial charge in [-0.3, -0.25) is 4.90 Å². The summed E-state index contributed by atoms with van der Waals surface area (Å²) in [6.45, 7) is 4.33. The number of alkyl halides is 3. The van der Waals surface area contributed by atoms with Gasteiger partial charge in [-0.2, -0.15) is 5.10 Å². The van der Waals surface area contributed by atoms with E-state index in [0.717, 1.165) is 6.54 Å². The lowest BCUT2D eigenvalue weighted by molar-refractivity contribution is -0.145. The summed E-state index contributed by atoms with van der Waals surface area (Å²) in [5, 5.41) is 8.50. The highest BCUT2D eigenvalue weighted by Crippen LogP contribution is 2.57. The van der Waals surface area contributed by atoms with Crippen LogP contribution in [0.15, 0.2) is 24.5 Å². The monoisotopic (exact) mass is 526 g/mol. The van der Waals surface area contributed by atoms with Crippen molar-refractivity contribution in [2.45, 2.75) is 49.4 Å². The topological polar surface area (TPSA) is 68.1 Å². The summed E-state index contributed by atoms with van der Waals surface area (Å²) in [6, 6.07) is 2.69. The van der Waals surface area contributed by atoms with Crippen LogP contribution in [-0.2, 0) is 4.74 Å². The molecule has 1 aliphatic carbocycles. The van der Waals surface area contributed by atoms with Crippen LogP contribution >= 0.6 is 23.2 Å². The molecule has 0 amide bonds. The highest BCUT2D eigenvalue weighted by molar-refractivity contribution is 6.32. The standard InChI is InChI=1S/C23H23Cl2F3N6O/c1-22(10-35-11-22)33-3-2-19(16(26)9-33)34-20(25)18(8-30-34)32-21-29-7-12-4-15(24)13(5-17(12)31-21)14-6-23(14,27)28/h4-5,7-8,14,16,19H,2-3,6,9-11H2,1H3,(H,29,31,32)/t14?,16?,19-/m1/s1. The Morgan fingerprint density at radius 3 is 2.63 bits per heavy atom. The first kappa shape index (κ1) is 23.3. The first-order chi connectivity index (χ1) is 16.6. The first-order valence-corrected chi connectivity index (χ1v) is 12.2. The highest BCUT2D eigenvalue weighted by atomic mass is 35.5. The molecule has 1 saturated carbocycles. The molecule has 2 saturated heterocycles. The Kier molecular flexibility index (Phi) is 5.45. The number of ether oxygens (including phenoxy) is 1. The third-order valence-electron chi connectivity index (χ3n) is 7.29. The number of fused-ring (bicyclic) bond motifs is 1. The van der Waals surface area contributed by atoms with Gasteiger partial charge in [-0.15, -0.1) is 0 Å². The van der Waals surface area contributed by atoms with Crippen molar-refractivity contribution in [2.75, 3.05) is 31.6 Å². The molecule has 0 radical (unpaired) electrons. The molecule has 12 heteroatoms. The zero-order valence-corrected chi connectivity index (χ0v) is 20.3. The molecule has 6 rings (SSSR count). The molecule has 0 spiro atoms. The molecule has 7 nitrogen and oxygen atoms in total. The van der Waals surface area contributed by atoms with E-state index in [9.17, 15) is 8.78 Å². The lowest BCUT2D eigenvalue weighted by Gasteiger charge is -2.50. The Labute approximate surface area is 209 Å². The van der Waals surface area contributed by atoms with E-state index in [2.05, 4.69) is 32.2 Å². The lowest BCUT2D eigenvalue weighted by Crippen LogP contribution is -2.63. The summed E-state index contributed by atoms with van der Waals surface area (Å²) >= 11 is 12.8. The van der Waals surface area contributed by atoms with Crippen LogP contribution in [0.1, 0.15) is 37.3 Å². The minimum Gasteiger partial charge on any atom is -0.377 e. The van der Waals surface area contributed by atoms with E-state index >= 15 is 4.39 Å². The molecule has 2 unspecified atom stereocenters. The van der Waals surface area contributed by atoms with Crippen molar-refractivity contribution < 1.29 is 17.9 Å². The molecule has 0 bridgehead atoms. The van der Waals surface area contributed by atoms with Crippen molar-refractivity contribution >= 4 is 45.7 Å². The van der Waals surface area contributed by atoms with Crippen molar-refractivity contribution in [1.82, 2.24) is 24.6 Å². The largest absolute Gasteiger partial charge is 0.377 e. The molecule has 2 aromatic heterocycles. The molecule has 4 heterocycles. The van der Waals surface area contributed by atoms with E-state index < -0.39 is 24.1 Å². The van der Waals surface area contributed by atoms with Gasteiger partial charge in [0.1, 0.15) is 6.17 Å². The molecule has 35 heavy (non-hydrogen) atoms. The van der Waals surface area contributed by atoms with Crippen molar-refractivity contribution in [3.05, 3.63) is 40.3 Å². The maximum Gasteiger partial charge on any atom is 0.255 e. The predicted molar refractivity (Wildman–Crippen MR) is 127 cm³/mol. The van der Waals surface area contributed by atoms with Gasteiger partial charge in [0, 0.05) is 36.1 Å². The number of anilines is 2. The molecular formula is C23H23Cl2F3N6O. The number of halogens is 5. The molecule has 186 valence electrons. The average Bonchev–Trinajstić information content (AvgIpc) is 3.29. The van der Waals surface area contributed by atoms with Crippen molar-refractivity contribution in [1.29, 1.82) is 0 Å². The third kappa shape index (κ3) is 4.04. The van der Waals surface area contributed by atoms with Crippen molar-refractivity contribution in [2.24, 2.45) is 0 Å². The van der Waals surface area contributed by atoms with Crippen LogP contribution in [-0.4, -0.2) is 68.6 Å². The van der Waals surface area contributed by atoms with Crippen molar-refractivity contribution in [3.8, 4) is 0 Å². The number of hydrogen-bond donors (Lipinski definition) is 1. The van der Waals surface area contributed by atoms with Gasteiger partial charge in [0.05, 0.1) is 48.1 Å². The van der Waals surface area contributed by atoms with Crippen LogP contribution in [0.25, 0.3) is 10.9 Å². The van der Waals surface area contributed by atoms with Gasteiger partial charge >= 0.3 is 0 Å². The Morgan fingerprint density at radius 1 is 1.20 bits per heavy atom. The number of nitrogens with one attached hydrogen (secondary N) is 1. The molecule has 3 aliphatic rings. The highest BCUT2D eigenvalue weighted by Gasteiger charge is 2.58. The molecule has 1 aromatic carbocycles. The van der Waals surface area contributed by atoms with Gasteiger partial charge in [-0.25, -0.2) is 27.8 Å². The Balaban J connectivity index is 1.20. The van der Waals surface area contributed by atoms with Crippen LogP contribution in [0, 0.1) is 0 Å². The number of hydrogen-bond acceptors (Lipinski definition) is 6. The van der Waals surface area contributed by atoms with Crippen LogP contribution in [0.3, 0.4) is 0 Å². The van der Waals surface area contributed by atoms with Gasteiger partial charge in [-0.1, -0.05) is 23.2 Å². The minimum atomic E-state index is -2.73. The second-order valence-corrected chi connectivity index (χ2v) is 10.6. The third-order valence-corrected chi connectivity index (χ3v) is 8.00. The molecule has 3 atom stereocenters. The summed E-state index contributed by atoms with van der Waals surface area (Å²) < 4.78 is 49.2. The maximum atomic E-state index is 15.1. The van der Waals surface area contributed by atoms with E-state index in [4.69, 9.17) is 27.9 Å². The van der Waals surface area contributed by atoms with Crippen LogP contribution in [0.4, 0.5) is 24.8 Å². The number of likely N-dealkylation sites (tertiary alicyclic amines) is 1. The number of piperidine rings is 1. The van der Waals surface area contributed by atoms with Gasteiger partial charge in [0.25, 0.3) is 5.92 Å². The first-order valence-electron chi connectivity index (χ1n) is 11.5. The van der Waals surface area contributed by atoms with Gasteiger partial charge in [0.2, 0.25) is 5.95 Å². The molecule has 2 aliphatic heterocycles. The zero-order valence-electron chi connectivity index (χ0n) is 18.8. The van der Waals surface area contributed by atoms with Crippen molar-refractivity contribution in [3.63, 3.8) is 0 Å². The smallest absolute Gasteiger partial charge is 0.255 e. The fraction of sp³-hybridized carbons (Fsp3) is 0.522. The maximum absolute atomic E-state index is 15.1. The van der Waals surface area contributed by atoms with E-state index in [0.29, 0.717) is 48.3 Å². The quantitative estimate of drug-likeness (QED) is 0.481. The predicted octanol–water partition coefficient (Wildman–Crippen LogP) is 5.37. The fourth-order valence-electron chi connectivity index (χ4n) is 4.97. The summed E-state index contributed by atoms with van der Waals surface area (Å²) in [6.07, 6.45) is 2.28. The SMILES string of the molecule is CC1(N2CC[C@@H](n3ncc(Nc4ncc5cc(Cl)c(C6CC6(F)F)cc5n4)c3Cl)C(F)C2)COC1. The molecule has 1 N–H and O–H groups in total. The van der Waals surface area contributed by atoms with Gasteiger partial charge in [-0.05, 0) is 31.0 Å². The second kappa shape index (κ2) is 8.19. The summed E-state index contributed by atoms with van der Waals surface area (Å²) in [5.41, 5.74) is 1.19. The Morgan fingerprint density at radius 2 is 1.97 bits per heavy atom. The number of rotatable bonds is 5. The van der Waals surface area contributed by atoms with E-state index in [1.165, 1.54) is 10.9 Å². The van der Waals surface area contributed by atoms with E-state index in [1.807, 2.05) is 0 Å². The lowest BCUT2D eigenvalue weighted by atomic mass is 9.92. The second-order valence-electron chi connectivity index (χ2n) is 9.87. The number of benzene rings is 1. The average molecular weight is 527 g/mol. The molecule has 3 fully saturated rings. The zero-order chi connectivity index (χ0) is 24.5. The summed E-state index contributed by atoms with van der Waals surface area (Å²) in [7, 11) is 0. The van der Waals surface area contributed by atoms with Crippen LogP contribution in [0.5, 0.6) is 0 Å². The van der Waals surface area contributed by atoms with E-state index in [1.54, 1.807) is 18.3 Å². The molecule has 3 aromatic rings. The van der Waals surface area contributed by atoms with E-state index in [-0.39, 0.29) is 28.1 Å². The van der Waals surface area contributed by atoms with Crippen LogP contribution in [0.2, 0.25) is 10.2 Å². The summed E-state index contributed by atoms with van der Waals surface area (Å²) in [4.78, 5) is 10.9. The Hall–Kier alpha value is -2.14. The Bertz CT molecular complexity index is 1300. The van der Waals surface area contributed by atoms with Crippen LogP contribution < -0.4 is 5.32 Å². The number of aromatic nitrogens is 4. The molecular weight excluding hydrogens is 504 g/mol. The minimum absolute atomic E-state index is 0.108. The van der Waals surface area contributed by atoms with Gasteiger partial charge < -0.3 is 10.1 Å². The summed E-state index contributed by atoms with van der Waals surface area (Å²) in [5.74, 6) is -3.40. The normalized spacial score (nSPS) is 27.5.